The minimum atomic E-state index is -0.616. The van der Waals surface area contributed by atoms with Crippen molar-refractivity contribution in [3.05, 3.63) is 93.1 Å². The van der Waals surface area contributed by atoms with Gasteiger partial charge in [-0.15, -0.1) is 22.7 Å². The number of carbonyl (C=O) groups is 2. The third kappa shape index (κ3) is 4.95. The second kappa shape index (κ2) is 10.3. The van der Waals surface area contributed by atoms with Gasteiger partial charge < -0.3 is 11.1 Å². The Morgan fingerprint density at radius 1 is 1.03 bits per heavy atom. The summed E-state index contributed by atoms with van der Waals surface area (Å²) < 4.78 is 1.55. The highest BCUT2D eigenvalue weighted by Crippen LogP contribution is 2.35. The number of nitrogens with two attached hydrogens (primary N) is 1. The molecule has 3 N–H and O–H groups in total. The van der Waals surface area contributed by atoms with E-state index in [0.717, 1.165) is 20.9 Å². The number of amides is 2. The number of carbonyl (C=O) groups excluding carboxylic acids is 2. The zero-order chi connectivity index (χ0) is 26.1. The molecule has 0 unspecified atom stereocenters. The van der Waals surface area contributed by atoms with E-state index in [2.05, 4.69) is 5.32 Å². The van der Waals surface area contributed by atoms with Crippen LogP contribution in [0.15, 0.2) is 76.7 Å². The Balaban J connectivity index is 1.44. The third-order valence-electron chi connectivity index (χ3n) is 5.83. The molecule has 10 heteroatoms. The van der Waals surface area contributed by atoms with E-state index < -0.39 is 5.91 Å². The summed E-state index contributed by atoms with van der Waals surface area (Å²) in [4.78, 5) is 45.8. The highest BCUT2D eigenvalue weighted by molar-refractivity contribution is 7.99. The Morgan fingerprint density at radius 2 is 1.70 bits per heavy atom. The number of hydrogen-bond acceptors (Lipinski definition) is 7. The molecule has 0 spiro atoms. The Bertz CT molecular complexity index is 1690. The maximum atomic E-state index is 13.5. The fourth-order valence-electron chi connectivity index (χ4n) is 3.88. The maximum absolute atomic E-state index is 13.5. The highest BCUT2D eigenvalue weighted by Gasteiger charge is 2.20. The molecule has 3 aromatic heterocycles. The van der Waals surface area contributed by atoms with Crippen LogP contribution in [-0.4, -0.2) is 27.1 Å². The van der Waals surface area contributed by atoms with Crippen molar-refractivity contribution in [2.24, 2.45) is 5.73 Å². The molecule has 0 saturated heterocycles. The van der Waals surface area contributed by atoms with E-state index in [0.29, 0.717) is 26.1 Å². The van der Waals surface area contributed by atoms with Crippen molar-refractivity contribution in [1.82, 2.24) is 9.55 Å². The lowest BCUT2D eigenvalue weighted by molar-refractivity contribution is -0.113. The minimum Gasteiger partial charge on any atom is -0.366 e. The van der Waals surface area contributed by atoms with Crippen LogP contribution in [0.1, 0.15) is 20.8 Å². The number of fused-ring (bicyclic) bond motifs is 1. The second-order valence-corrected chi connectivity index (χ2v) is 11.5. The molecule has 2 amide bonds. The number of thioether (sulfide) groups is 1. The van der Waals surface area contributed by atoms with Gasteiger partial charge in [0.25, 0.3) is 11.5 Å². The molecule has 5 rings (SSSR count). The molecule has 2 aromatic carbocycles. The van der Waals surface area contributed by atoms with E-state index in [1.807, 2.05) is 74.5 Å². The summed E-state index contributed by atoms with van der Waals surface area (Å²) in [7, 11) is 0. The van der Waals surface area contributed by atoms with Gasteiger partial charge in [-0.3, -0.25) is 19.0 Å². The van der Waals surface area contributed by atoms with E-state index in [9.17, 15) is 14.4 Å². The zero-order valence-electron chi connectivity index (χ0n) is 20.0. The first kappa shape index (κ1) is 24.9. The normalized spacial score (nSPS) is 11.1. The van der Waals surface area contributed by atoms with Gasteiger partial charge in [0.05, 0.1) is 22.4 Å². The average Bonchev–Trinajstić information content (AvgIpc) is 3.44. The van der Waals surface area contributed by atoms with E-state index in [1.165, 1.54) is 34.4 Å². The summed E-state index contributed by atoms with van der Waals surface area (Å²) in [5.74, 6) is -0.957. The van der Waals surface area contributed by atoms with Crippen molar-refractivity contribution in [3.8, 4) is 16.1 Å². The Kier molecular flexibility index (Phi) is 6.96. The molecule has 0 radical (unpaired) electrons. The Hall–Kier alpha value is -3.73. The van der Waals surface area contributed by atoms with E-state index >= 15 is 0 Å². The Labute approximate surface area is 225 Å². The molecule has 186 valence electrons. The molecule has 5 aromatic rings. The van der Waals surface area contributed by atoms with Gasteiger partial charge in [-0.2, -0.15) is 0 Å². The van der Waals surface area contributed by atoms with Crippen molar-refractivity contribution in [1.29, 1.82) is 0 Å². The summed E-state index contributed by atoms with van der Waals surface area (Å²) >= 11 is 3.92. The van der Waals surface area contributed by atoms with Crippen molar-refractivity contribution < 1.29 is 9.59 Å². The fourth-order valence-corrected chi connectivity index (χ4v) is 6.85. The summed E-state index contributed by atoms with van der Waals surface area (Å²) in [5, 5.41) is 4.23. The number of para-hydroxylation sites is 1. The smallest absolute Gasteiger partial charge is 0.267 e. The van der Waals surface area contributed by atoms with Gasteiger partial charge in [0.15, 0.2) is 5.16 Å². The quantitative estimate of drug-likeness (QED) is 0.203. The molecule has 3 heterocycles. The molecule has 0 fully saturated rings. The molecular weight excluding hydrogens is 525 g/mol. The van der Waals surface area contributed by atoms with Crippen LogP contribution in [-0.2, 0) is 4.79 Å². The first-order valence-corrected chi connectivity index (χ1v) is 13.9. The number of rotatable bonds is 7. The van der Waals surface area contributed by atoms with Crippen LogP contribution in [0.4, 0.5) is 5.00 Å². The molecule has 0 atom stereocenters. The standard InChI is InChI=1S/C27H22N4O3S3/c1-15-16(2)36-25-22(15)26(34)31(18-11-7-4-8-12-18)27(30-25)35-14-21(32)29-24-19(23(28)33)13-20(37-24)17-9-5-3-6-10-17/h3-13H,14H2,1-2H3,(H2,28,33)(H,29,32). The van der Waals surface area contributed by atoms with Crippen LogP contribution < -0.4 is 16.6 Å². The van der Waals surface area contributed by atoms with Crippen molar-refractivity contribution in [2.45, 2.75) is 19.0 Å². The highest BCUT2D eigenvalue weighted by atomic mass is 32.2. The summed E-state index contributed by atoms with van der Waals surface area (Å²) in [6, 6.07) is 20.5. The number of benzene rings is 2. The monoisotopic (exact) mass is 546 g/mol. The molecule has 0 aliphatic carbocycles. The minimum absolute atomic E-state index is 0.00904. The van der Waals surface area contributed by atoms with Crippen LogP contribution >= 0.6 is 34.4 Å². The number of primary amides is 1. The molecular formula is C27H22N4O3S3. The summed E-state index contributed by atoms with van der Waals surface area (Å²) in [6.07, 6.45) is 0. The molecule has 0 bridgehead atoms. The first-order chi connectivity index (χ1) is 17.8. The molecule has 0 aliphatic heterocycles. The van der Waals surface area contributed by atoms with Crippen molar-refractivity contribution in [2.75, 3.05) is 11.1 Å². The SMILES string of the molecule is Cc1sc2nc(SCC(=O)Nc3sc(-c4ccccc4)cc3C(N)=O)n(-c3ccccc3)c(=O)c2c1C. The largest absolute Gasteiger partial charge is 0.366 e. The van der Waals surface area contributed by atoms with Crippen LogP contribution in [0.25, 0.3) is 26.3 Å². The predicted octanol–water partition coefficient (Wildman–Crippen LogP) is 5.62. The van der Waals surface area contributed by atoms with Gasteiger partial charge in [0.1, 0.15) is 9.83 Å². The lowest BCUT2D eigenvalue weighted by Crippen LogP contribution is -2.23. The van der Waals surface area contributed by atoms with Gasteiger partial charge >= 0.3 is 0 Å². The van der Waals surface area contributed by atoms with Crippen molar-refractivity contribution >= 4 is 61.5 Å². The van der Waals surface area contributed by atoms with Crippen LogP contribution in [0.5, 0.6) is 0 Å². The number of aromatic nitrogens is 2. The van der Waals surface area contributed by atoms with Gasteiger partial charge in [-0.25, -0.2) is 4.98 Å². The predicted molar refractivity (Wildman–Crippen MR) is 152 cm³/mol. The fraction of sp³-hybridized carbons (Fsp3) is 0.111. The maximum Gasteiger partial charge on any atom is 0.267 e. The summed E-state index contributed by atoms with van der Waals surface area (Å²) in [6.45, 7) is 3.89. The molecule has 37 heavy (non-hydrogen) atoms. The number of thiophene rings is 2. The zero-order valence-corrected chi connectivity index (χ0v) is 22.4. The van der Waals surface area contributed by atoms with Crippen molar-refractivity contribution in [3.63, 3.8) is 0 Å². The Morgan fingerprint density at radius 3 is 2.38 bits per heavy atom. The van der Waals surface area contributed by atoms with E-state index in [1.54, 1.807) is 10.6 Å². The van der Waals surface area contributed by atoms with E-state index in [-0.39, 0.29) is 22.8 Å². The number of nitrogens with one attached hydrogen (secondary N) is 1. The van der Waals surface area contributed by atoms with Crippen LogP contribution in [0, 0.1) is 13.8 Å². The van der Waals surface area contributed by atoms with Crippen LogP contribution in [0.2, 0.25) is 0 Å². The summed E-state index contributed by atoms with van der Waals surface area (Å²) in [5.41, 5.74) is 8.19. The lowest BCUT2D eigenvalue weighted by Gasteiger charge is -2.12. The van der Waals surface area contributed by atoms with Gasteiger partial charge in [-0.05, 0) is 43.2 Å². The number of anilines is 1. The number of aryl methyl sites for hydroxylation is 2. The first-order valence-electron chi connectivity index (χ1n) is 11.3. The molecule has 7 nitrogen and oxygen atoms in total. The van der Waals surface area contributed by atoms with Gasteiger partial charge in [-0.1, -0.05) is 60.3 Å². The van der Waals surface area contributed by atoms with E-state index in [4.69, 9.17) is 10.7 Å². The van der Waals surface area contributed by atoms with Gasteiger partial charge in [0, 0.05) is 9.75 Å². The van der Waals surface area contributed by atoms with Crippen LogP contribution in [0.3, 0.4) is 0 Å². The second-order valence-electron chi connectivity index (χ2n) is 8.25. The third-order valence-corrected chi connectivity index (χ3v) is 8.97. The lowest BCUT2D eigenvalue weighted by atomic mass is 10.1. The number of nitrogens with zero attached hydrogens (tertiary/aromatic N) is 2. The van der Waals surface area contributed by atoms with Gasteiger partial charge in [0.2, 0.25) is 5.91 Å². The average molecular weight is 547 g/mol. The number of hydrogen-bond donors (Lipinski definition) is 2. The topological polar surface area (TPSA) is 107 Å². The molecule has 0 saturated carbocycles. The molecule has 0 aliphatic rings.